The number of carbonyl (C=O) groups excluding carboxylic acids is 2. The molecule has 0 spiro atoms. The Bertz CT molecular complexity index is 677. The van der Waals surface area contributed by atoms with E-state index in [-0.39, 0.29) is 12.5 Å². The van der Waals surface area contributed by atoms with Crippen LogP contribution < -0.4 is 16.8 Å². The summed E-state index contributed by atoms with van der Waals surface area (Å²) >= 11 is 0. The Balaban J connectivity index is 1.96. The van der Waals surface area contributed by atoms with Crippen molar-refractivity contribution in [3.8, 4) is 0 Å². The Morgan fingerprint density at radius 2 is 1.44 bits per heavy atom. The van der Waals surface area contributed by atoms with Crippen LogP contribution in [0, 0.1) is 0 Å². The second kappa shape index (κ2) is 9.44. The summed E-state index contributed by atoms with van der Waals surface area (Å²) in [5.74, 6) is -0.294. The molecule has 0 saturated carbocycles. The lowest BCUT2D eigenvalue weighted by atomic mass is 10.0. The predicted octanol–water partition coefficient (Wildman–Crippen LogP) is 1.38. The van der Waals surface area contributed by atoms with E-state index < -0.39 is 18.2 Å². The molecule has 0 saturated heterocycles. The molecule has 25 heavy (non-hydrogen) atoms. The fourth-order valence-corrected chi connectivity index (χ4v) is 2.50. The van der Waals surface area contributed by atoms with Crippen LogP contribution >= 0.6 is 0 Å². The van der Waals surface area contributed by atoms with E-state index >= 15 is 0 Å². The van der Waals surface area contributed by atoms with Gasteiger partial charge in [-0.25, -0.2) is 4.79 Å². The molecule has 132 valence electrons. The normalized spacial score (nSPS) is 12.8. The van der Waals surface area contributed by atoms with Gasteiger partial charge in [-0.05, 0) is 24.0 Å². The van der Waals surface area contributed by atoms with Crippen LogP contribution in [0.1, 0.15) is 11.1 Å². The standard InChI is InChI=1S/C19H23N3O3/c20-17(12-15-9-5-2-6-10-15)18(23)22-16(13-25-19(21)24)11-14-7-3-1-4-8-14/h1-10,16-17H,11-13,20H2,(H2,21,24)(H,22,23)/t16-,17+/m0/s1. The number of nitrogens with one attached hydrogen (secondary N) is 1. The maximum absolute atomic E-state index is 12.4. The summed E-state index contributed by atoms with van der Waals surface area (Å²) in [5.41, 5.74) is 13.0. The monoisotopic (exact) mass is 341 g/mol. The van der Waals surface area contributed by atoms with Gasteiger partial charge in [-0.1, -0.05) is 60.7 Å². The molecule has 2 rings (SSSR count). The summed E-state index contributed by atoms with van der Waals surface area (Å²) in [6.07, 6.45) is 0.0696. The van der Waals surface area contributed by atoms with Crippen LogP contribution in [0.5, 0.6) is 0 Å². The Morgan fingerprint density at radius 3 is 1.96 bits per heavy atom. The number of carbonyl (C=O) groups is 2. The Labute approximate surface area is 147 Å². The van der Waals surface area contributed by atoms with Gasteiger partial charge in [0.05, 0.1) is 12.1 Å². The van der Waals surface area contributed by atoms with Gasteiger partial charge in [0.15, 0.2) is 0 Å². The molecule has 5 N–H and O–H groups in total. The number of ether oxygens (including phenoxy) is 1. The molecule has 0 unspecified atom stereocenters. The highest BCUT2D eigenvalue weighted by Gasteiger charge is 2.20. The van der Waals surface area contributed by atoms with Crippen molar-refractivity contribution in [2.75, 3.05) is 6.61 Å². The maximum atomic E-state index is 12.4. The first-order valence-electron chi connectivity index (χ1n) is 8.10. The zero-order valence-corrected chi connectivity index (χ0v) is 13.9. The molecule has 0 aliphatic heterocycles. The van der Waals surface area contributed by atoms with Crippen LogP contribution in [0.4, 0.5) is 4.79 Å². The number of benzene rings is 2. The minimum atomic E-state index is -0.874. The molecule has 0 radical (unpaired) electrons. The fraction of sp³-hybridized carbons (Fsp3) is 0.263. The van der Waals surface area contributed by atoms with Gasteiger partial charge in [0, 0.05) is 0 Å². The lowest BCUT2D eigenvalue weighted by Crippen LogP contribution is -2.49. The van der Waals surface area contributed by atoms with Gasteiger partial charge in [-0.15, -0.1) is 0 Å². The summed E-state index contributed by atoms with van der Waals surface area (Å²) in [5, 5.41) is 2.84. The fourth-order valence-electron chi connectivity index (χ4n) is 2.50. The zero-order chi connectivity index (χ0) is 18.1. The highest BCUT2D eigenvalue weighted by atomic mass is 16.5. The number of primary amides is 1. The number of hydrogen-bond acceptors (Lipinski definition) is 4. The highest BCUT2D eigenvalue weighted by molar-refractivity contribution is 5.82. The van der Waals surface area contributed by atoms with Crippen molar-refractivity contribution in [2.45, 2.75) is 24.9 Å². The lowest BCUT2D eigenvalue weighted by Gasteiger charge is -2.21. The summed E-state index contributed by atoms with van der Waals surface area (Å²) < 4.78 is 4.86. The van der Waals surface area contributed by atoms with Crippen molar-refractivity contribution in [3.63, 3.8) is 0 Å². The minimum absolute atomic E-state index is 0.00593. The third-order valence-electron chi connectivity index (χ3n) is 3.73. The van der Waals surface area contributed by atoms with Gasteiger partial charge in [-0.2, -0.15) is 0 Å². The smallest absolute Gasteiger partial charge is 0.404 e. The van der Waals surface area contributed by atoms with Crippen LogP contribution in [-0.2, 0) is 22.4 Å². The Hall–Kier alpha value is -2.86. The first-order chi connectivity index (χ1) is 12.0. The average Bonchev–Trinajstić information content (AvgIpc) is 2.61. The van der Waals surface area contributed by atoms with E-state index in [0.29, 0.717) is 12.8 Å². The van der Waals surface area contributed by atoms with E-state index in [2.05, 4.69) is 5.32 Å². The highest BCUT2D eigenvalue weighted by Crippen LogP contribution is 2.06. The molecule has 0 fully saturated rings. The van der Waals surface area contributed by atoms with E-state index in [0.717, 1.165) is 11.1 Å². The van der Waals surface area contributed by atoms with Crippen LogP contribution in [0.3, 0.4) is 0 Å². The second-order valence-electron chi connectivity index (χ2n) is 5.82. The van der Waals surface area contributed by atoms with E-state index in [1.807, 2.05) is 60.7 Å². The zero-order valence-electron chi connectivity index (χ0n) is 13.9. The third kappa shape index (κ3) is 6.64. The van der Waals surface area contributed by atoms with Crippen LogP contribution in [0.2, 0.25) is 0 Å². The van der Waals surface area contributed by atoms with Gasteiger partial charge in [0.2, 0.25) is 5.91 Å². The molecule has 6 nitrogen and oxygen atoms in total. The number of nitrogens with two attached hydrogens (primary N) is 2. The maximum Gasteiger partial charge on any atom is 0.404 e. The molecule has 2 atom stereocenters. The molecular weight excluding hydrogens is 318 g/mol. The number of hydrogen-bond donors (Lipinski definition) is 3. The molecule has 0 aromatic heterocycles. The number of amides is 2. The topological polar surface area (TPSA) is 107 Å². The summed E-state index contributed by atoms with van der Waals surface area (Å²) in [4.78, 5) is 23.3. The molecule has 0 aliphatic rings. The SMILES string of the molecule is NC(=O)OC[C@H](Cc1ccccc1)NC(=O)[C@H](N)Cc1ccccc1. The van der Waals surface area contributed by atoms with Gasteiger partial charge in [0.25, 0.3) is 0 Å². The molecule has 2 aromatic carbocycles. The van der Waals surface area contributed by atoms with Gasteiger partial charge >= 0.3 is 6.09 Å². The van der Waals surface area contributed by atoms with Gasteiger partial charge in [0.1, 0.15) is 6.61 Å². The average molecular weight is 341 g/mol. The van der Waals surface area contributed by atoms with E-state index in [4.69, 9.17) is 16.2 Å². The van der Waals surface area contributed by atoms with E-state index in [1.54, 1.807) is 0 Å². The van der Waals surface area contributed by atoms with E-state index in [1.165, 1.54) is 0 Å². The quantitative estimate of drug-likeness (QED) is 0.674. The summed E-state index contributed by atoms with van der Waals surface area (Å²) in [6, 6.07) is 18.1. The van der Waals surface area contributed by atoms with Crippen LogP contribution in [0.15, 0.2) is 60.7 Å². The first kappa shape index (κ1) is 18.5. The van der Waals surface area contributed by atoms with Crippen molar-refractivity contribution >= 4 is 12.0 Å². The van der Waals surface area contributed by atoms with Crippen molar-refractivity contribution in [3.05, 3.63) is 71.8 Å². The van der Waals surface area contributed by atoms with Gasteiger partial charge in [-0.3, -0.25) is 4.79 Å². The Kier molecular flexibility index (Phi) is 6.98. The predicted molar refractivity (Wildman–Crippen MR) is 95.7 cm³/mol. The molecule has 0 bridgehead atoms. The van der Waals surface area contributed by atoms with Crippen molar-refractivity contribution < 1.29 is 14.3 Å². The first-order valence-corrected chi connectivity index (χ1v) is 8.10. The molecule has 2 aromatic rings. The molecule has 6 heteroatoms. The second-order valence-corrected chi connectivity index (χ2v) is 5.82. The van der Waals surface area contributed by atoms with Crippen molar-refractivity contribution in [1.82, 2.24) is 5.32 Å². The molecular formula is C19H23N3O3. The van der Waals surface area contributed by atoms with E-state index in [9.17, 15) is 9.59 Å². The van der Waals surface area contributed by atoms with Crippen molar-refractivity contribution in [1.29, 1.82) is 0 Å². The minimum Gasteiger partial charge on any atom is -0.448 e. The molecule has 2 amide bonds. The van der Waals surface area contributed by atoms with Crippen LogP contribution in [-0.4, -0.2) is 30.7 Å². The van der Waals surface area contributed by atoms with Crippen LogP contribution in [0.25, 0.3) is 0 Å². The number of rotatable bonds is 8. The molecule has 0 aliphatic carbocycles. The largest absolute Gasteiger partial charge is 0.448 e. The molecule has 0 heterocycles. The van der Waals surface area contributed by atoms with Gasteiger partial charge < -0.3 is 21.5 Å². The summed E-state index contributed by atoms with van der Waals surface area (Å²) in [7, 11) is 0. The lowest BCUT2D eigenvalue weighted by molar-refractivity contribution is -0.123. The van der Waals surface area contributed by atoms with Crippen molar-refractivity contribution in [2.24, 2.45) is 11.5 Å². The summed E-state index contributed by atoms with van der Waals surface area (Å²) in [6.45, 7) is -0.00593. The Morgan fingerprint density at radius 1 is 0.920 bits per heavy atom. The third-order valence-corrected chi connectivity index (χ3v) is 3.73.